The monoisotopic (exact) mass is 387 g/mol. The Morgan fingerprint density at radius 3 is 2.85 bits per heavy atom. The first-order valence-electron chi connectivity index (χ1n) is 7.63. The summed E-state index contributed by atoms with van der Waals surface area (Å²) in [6.45, 7) is 0. The summed E-state index contributed by atoms with van der Waals surface area (Å²) in [5.74, 6) is -0.620. The normalized spacial score (nSPS) is 10.6. The van der Waals surface area contributed by atoms with Crippen LogP contribution in [0.5, 0.6) is 5.75 Å². The average molecular weight is 387 g/mol. The third-order valence-electron chi connectivity index (χ3n) is 3.50. The number of thioether (sulfide) groups is 1. The number of para-hydroxylation sites is 1. The molecule has 9 nitrogen and oxygen atoms in total. The van der Waals surface area contributed by atoms with Crippen LogP contribution in [0, 0.1) is 10.1 Å². The van der Waals surface area contributed by atoms with Gasteiger partial charge in [0.25, 0.3) is 5.69 Å². The van der Waals surface area contributed by atoms with E-state index in [1.165, 1.54) is 42.1 Å². The quantitative estimate of drug-likeness (QED) is 0.274. The van der Waals surface area contributed by atoms with Gasteiger partial charge in [0.15, 0.2) is 5.16 Å². The number of nitro benzene ring substituents is 1. The van der Waals surface area contributed by atoms with Gasteiger partial charge in [-0.2, -0.15) is 0 Å². The Morgan fingerprint density at radius 1 is 1.41 bits per heavy atom. The fourth-order valence-corrected chi connectivity index (χ4v) is 3.00. The van der Waals surface area contributed by atoms with Crippen molar-refractivity contribution in [3.8, 4) is 5.75 Å². The zero-order valence-corrected chi connectivity index (χ0v) is 14.8. The minimum absolute atomic E-state index is 0.253. The molecule has 3 rings (SSSR count). The van der Waals surface area contributed by atoms with Crippen molar-refractivity contribution in [2.75, 3.05) is 0 Å². The zero-order chi connectivity index (χ0) is 19.4. The standard InChI is InChI=1S/C17H13N3O6S/c1-19-7-6-18-17(19)27-10-11-8-14(21)15(9-25-11)26-16(22)12-4-2-3-5-13(12)20(23)24/h2-9H,10H2,1H3. The minimum Gasteiger partial charge on any atom is -0.464 e. The summed E-state index contributed by atoms with van der Waals surface area (Å²) in [6, 6.07) is 6.52. The molecular formula is C17H13N3O6S. The highest BCUT2D eigenvalue weighted by Crippen LogP contribution is 2.22. The SMILES string of the molecule is Cn1ccnc1SCc1cc(=O)c(OC(=O)c2ccccc2[N+](=O)[O-])co1. The number of nitrogens with zero attached hydrogens (tertiary/aromatic N) is 3. The molecule has 0 aliphatic rings. The fraction of sp³-hybridized carbons (Fsp3) is 0.118. The number of benzene rings is 1. The van der Waals surface area contributed by atoms with Crippen molar-refractivity contribution >= 4 is 23.4 Å². The van der Waals surface area contributed by atoms with Gasteiger partial charge >= 0.3 is 5.97 Å². The summed E-state index contributed by atoms with van der Waals surface area (Å²) < 4.78 is 12.1. The highest BCUT2D eigenvalue weighted by molar-refractivity contribution is 7.98. The molecule has 3 aromatic rings. The van der Waals surface area contributed by atoms with Gasteiger partial charge in [-0.15, -0.1) is 0 Å². The number of aromatic nitrogens is 2. The van der Waals surface area contributed by atoms with Crippen LogP contribution in [0.2, 0.25) is 0 Å². The van der Waals surface area contributed by atoms with Gasteiger partial charge in [0.05, 0.1) is 10.7 Å². The van der Waals surface area contributed by atoms with Crippen molar-refractivity contribution in [3.63, 3.8) is 0 Å². The molecule has 2 heterocycles. The molecule has 0 spiro atoms. The molecule has 0 aliphatic carbocycles. The Labute approximate surface area is 156 Å². The molecule has 0 N–H and O–H groups in total. The molecule has 0 unspecified atom stereocenters. The van der Waals surface area contributed by atoms with Crippen molar-refractivity contribution in [3.05, 3.63) is 80.7 Å². The van der Waals surface area contributed by atoms with E-state index in [1.54, 1.807) is 12.4 Å². The van der Waals surface area contributed by atoms with E-state index in [4.69, 9.17) is 9.15 Å². The molecule has 138 valence electrons. The van der Waals surface area contributed by atoms with E-state index in [2.05, 4.69) is 4.98 Å². The van der Waals surface area contributed by atoms with Gasteiger partial charge in [0, 0.05) is 31.6 Å². The highest BCUT2D eigenvalue weighted by atomic mass is 32.2. The maximum atomic E-state index is 12.2. The lowest BCUT2D eigenvalue weighted by molar-refractivity contribution is -0.385. The molecular weight excluding hydrogens is 374 g/mol. The lowest BCUT2D eigenvalue weighted by atomic mass is 10.2. The Hall–Kier alpha value is -3.40. The number of esters is 1. The Morgan fingerprint density at radius 2 is 2.19 bits per heavy atom. The van der Waals surface area contributed by atoms with Gasteiger partial charge in [-0.3, -0.25) is 14.9 Å². The lowest BCUT2D eigenvalue weighted by Gasteiger charge is -2.05. The molecule has 0 radical (unpaired) electrons. The smallest absolute Gasteiger partial charge is 0.350 e. The molecule has 10 heteroatoms. The molecule has 0 saturated carbocycles. The maximum absolute atomic E-state index is 12.2. The topological polar surface area (TPSA) is 117 Å². The summed E-state index contributed by atoms with van der Waals surface area (Å²) >= 11 is 1.37. The summed E-state index contributed by atoms with van der Waals surface area (Å²) in [5.41, 5.74) is -1.23. The van der Waals surface area contributed by atoms with Crippen LogP contribution in [0.3, 0.4) is 0 Å². The highest BCUT2D eigenvalue weighted by Gasteiger charge is 2.22. The number of rotatable bonds is 6. The summed E-state index contributed by atoms with van der Waals surface area (Å²) in [5, 5.41) is 11.7. The summed E-state index contributed by atoms with van der Waals surface area (Å²) in [4.78, 5) is 38.8. The van der Waals surface area contributed by atoms with Crippen molar-refractivity contribution in [2.45, 2.75) is 10.9 Å². The molecule has 0 saturated heterocycles. The van der Waals surface area contributed by atoms with Gasteiger partial charge in [-0.05, 0) is 6.07 Å². The first kappa shape index (κ1) is 18.4. The number of carbonyl (C=O) groups is 1. The molecule has 0 atom stereocenters. The van der Waals surface area contributed by atoms with Gasteiger partial charge in [0.1, 0.15) is 17.6 Å². The molecule has 2 aromatic heterocycles. The van der Waals surface area contributed by atoms with Crippen molar-refractivity contribution < 1.29 is 18.9 Å². The first-order chi connectivity index (χ1) is 13.0. The molecule has 0 bridgehead atoms. The second kappa shape index (κ2) is 7.87. The molecule has 0 aliphatic heterocycles. The molecule has 27 heavy (non-hydrogen) atoms. The van der Waals surface area contributed by atoms with Crippen LogP contribution in [0.25, 0.3) is 0 Å². The van der Waals surface area contributed by atoms with E-state index in [0.717, 1.165) is 11.4 Å². The van der Waals surface area contributed by atoms with Crippen LogP contribution in [-0.2, 0) is 12.8 Å². The predicted octanol–water partition coefficient (Wildman–Crippen LogP) is 2.79. The second-order valence-electron chi connectivity index (χ2n) is 5.35. The number of hydrogen-bond acceptors (Lipinski definition) is 8. The number of carbonyl (C=O) groups excluding carboxylic acids is 1. The summed E-state index contributed by atoms with van der Waals surface area (Å²) in [6.07, 6.45) is 4.47. The zero-order valence-electron chi connectivity index (χ0n) is 14.0. The van der Waals surface area contributed by atoms with Crippen LogP contribution in [0.1, 0.15) is 16.1 Å². The third-order valence-corrected chi connectivity index (χ3v) is 4.58. The van der Waals surface area contributed by atoms with Gasteiger partial charge in [0.2, 0.25) is 11.2 Å². The average Bonchev–Trinajstić information content (AvgIpc) is 3.06. The van der Waals surface area contributed by atoms with E-state index in [1.807, 2.05) is 11.6 Å². The van der Waals surface area contributed by atoms with Gasteiger partial charge in [-0.25, -0.2) is 9.78 Å². The van der Waals surface area contributed by atoms with E-state index < -0.39 is 22.0 Å². The summed E-state index contributed by atoms with van der Waals surface area (Å²) in [7, 11) is 1.84. The van der Waals surface area contributed by atoms with Gasteiger partial charge < -0.3 is 13.7 Å². The number of aryl methyl sites for hydroxylation is 1. The van der Waals surface area contributed by atoms with Crippen molar-refractivity contribution in [2.24, 2.45) is 7.05 Å². The van der Waals surface area contributed by atoms with Crippen LogP contribution in [-0.4, -0.2) is 20.4 Å². The fourth-order valence-electron chi connectivity index (χ4n) is 2.18. The van der Waals surface area contributed by atoms with Crippen LogP contribution < -0.4 is 10.2 Å². The van der Waals surface area contributed by atoms with E-state index in [-0.39, 0.29) is 11.3 Å². The van der Waals surface area contributed by atoms with E-state index in [0.29, 0.717) is 11.5 Å². The number of imidazole rings is 1. The van der Waals surface area contributed by atoms with E-state index >= 15 is 0 Å². The van der Waals surface area contributed by atoms with Crippen LogP contribution in [0.4, 0.5) is 5.69 Å². The molecule has 1 aromatic carbocycles. The maximum Gasteiger partial charge on any atom is 0.350 e. The Kier molecular flexibility index (Phi) is 5.36. The van der Waals surface area contributed by atoms with Crippen molar-refractivity contribution in [1.82, 2.24) is 9.55 Å². The number of ether oxygens (including phenoxy) is 1. The predicted molar refractivity (Wildman–Crippen MR) is 95.8 cm³/mol. The largest absolute Gasteiger partial charge is 0.464 e. The second-order valence-corrected chi connectivity index (χ2v) is 6.29. The van der Waals surface area contributed by atoms with Crippen LogP contribution in [0.15, 0.2) is 63.4 Å². The molecule has 0 fully saturated rings. The number of hydrogen-bond donors (Lipinski definition) is 0. The van der Waals surface area contributed by atoms with Crippen LogP contribution >= 0.6 is 11.8 Å². The Balaban J connectivity index is 1.73. The Bertz CT molecular complexity index is 1060. The molecule has 0 amide bonds. The third kappa shape index (κ3) is 4.23. The first-order valence-corrected chi connectivity index (χ1v) is 8.61. The van der Waals surface area contributed by atoms with Crippen molar-refractivity contribution in [1.29, 1.82) is 0 Å². The number of nitro groups is 1. The van der Waals surface area contributed by atoms with Gasteiger partial charge in [-0.1, -0.05) is 23.9 Å². The lowest BCUT2D eigenvalue weighted by Crippen LogP contribution is -2.16. The van der Waals surface area contributed by atoms with E-state index in [9.17, 15) is 19.7 Å². The minimum atomic E-state index is -1.01.